The largest absolute Gasteiger partial charge is 0.423 e. The van der Waals surface area contributed by atoms with E-state index in [-0.39, 0.29) is 57.1 Å². The first-order valence-corrected chi connectivity index (χ1v) is 12.5. The Kier molecular flexibility index (Phi) is 8.63. The van der Waals surface area contributed by atoms with Crippen molar-refractivity contribution in [2.24, 2.45) is 0 Å². The third kappa shape index (κ3) is 6.12. The maximum Gasteiger partial charge on any atom is 0.338 e. The highest BCUT2D eigenvalue weighted by Gasteiger charge is 2.36. The monoisotopic (exact) mass is 544 g/mol. The molecule has 0 aromatic heterocycles. The van der Waals surface area contributed by atoms with Gasteiger partial charge < -0.3 is 18.9 Å². The van der Waals surface area contributed by atoms with Crippen molar-refractivity contribution in [3.8, 4) is 34.1 Å². The molecule has 0 fully saturated rings. The van der Waals surface area contributed by atoms with E-state index >= 15 is 0 Å². The third-order valence-electron chi connectivity index (χ3n) is 6.40. The number of hydrogen-bond acceptors (Lipinski definition) is 8. The zero-order valence-corrected chi connectivity index (χ0v) is 23.6. The van der Waals surface area contributed by atoms with Crippen LogP contribution in [0.5, 0.6) is 23.0 Å². The number of benzene rings is 2. The average Bonchev–Trinajstić information content (AvgIpc) is 2.86. The van der Waals surface area contributed by atoms with Crippen LogP contribution in [0.3, 0.4) is 0 Å². The van der Waals surface area contributed by atoms with Crippen molar-refractivity contribution in [3.63, 3.8) is 0 Å². The minimum atomic E-state index is -0.671. The van der Waals surface area contributed by atoms with Crippen LogP contribution in [0.25, 0.3) is 11.1 Å². The van der Waals surface area contributed by atoms with Crippen LogP contribution >= 0.6 is 0 Å². The van der Waals surface area contributed by atoms with E-state index in [1.54, 1.807) is 12.1 Å². The fourth-order valence-electron chi connectivity index (χ4n) is 4.14. The Morgan fingerprint density at radius 2 is 0.800 bits per heavy atom. The minimum Gasteiger partial charge on any atom is -0.423 e. The van der Waals surface area contributed by atoms with Crippen molar-refractivity contribution in [1.29, 1.82) is 0 Å². The maximum atomic E-state index is 12.6. The van der Waals surface area contributed by atoms with Gasteiger partial charge in [0.2, 0.25) is 0 Å². The van der Waals surface area contributed by atoms with E-state index in [2.05, 4.69) is 26.3 Å². The fourth-order valence-corrected chi connectivity index (χ4v) is 4.14. The Bertz CT molecular complexity index is 1390. The van der Waals surface area contributed by atoms with Gasteiger partial charge in [0.25, 0.3) is 0 Å². The second-order valence-corrected chi connectivity index (χ2v) is 10.0. The van der Waals surface area contributed by atoms with Gasteiger partial charge >= 0.3 is 23.9 Å². The van der Waals surface area contributed by atoms with Gasteiger partial charge in [0, 0.05) is 45.6 Å². The van der Waals surface area contributed by atoms with E-state index in [0.29, 0.717) is 22.3 Å². The van der Waals surface area contributed by atoms with Crippen molar-refractivity contribution in [2.45, 2.75) is 53.4 Å². The molecule has 1 aliphatic rings. The van der Waals surface area contributed by atoms with Crippen molar-refractivity contribution < 1.29 is 38.1 Å². The lowest BCUT2D eigenvalue weighted by Crippen LogP contribution is -2.20. The second-order valence-electron chi connectivity index (χ2n) is 10.0. The highest BCUT2D eigenvalue weighted by molar-refractivity contribution is 5.94. The summed E-state index contributed by atoms with van der Waals surface area (Å²) in [5.74, 6) is -2.64. The van der Waals surface area contributed by atoms with Crippen molar-refractivity contribution in [1.82, 2.24) is 0 Å². The first-order valence-electron chi connectivity index (χ1n) is 12.5. The third-order valence-corrected chi connectivity index (χ3v) is 6.40. The van der Waals surface area contributed by atoms with E-state index in [4.69, 9.17) is 18.9 Å². The average molecular weight is 545 g/mol. The van der Waals surface area contributed by atoms with Crippen LogP contribution in [0, 0.1) is 0 Å². The molecule has 2 aromatic rings. The Hall–Kier alpha value is -4.72. The van der Waals surface area contributed by atoms with Crippen LogP contribution in [-0.2, 0) is 19.2 Å². The summed E-state index contributed by atoms with van der Waals surface area (Å²) >= 11 is 0. The molecule has 0 saturated heterocycles. The standard InChI is InChI=1S/C32H32O8/c1-15(2)29(33)37-21-11-23-24-12-22(38-30(34)16(3)4)14-26(40-32(36)18(7)8)28(24)20(10)19(9)27(23)25(13-21)39-31(35)17(5)6/h11-14,19-20H,1,3,5,7H2,2,4,6,8-10H3. The molecule has 2 aromatic carbocycles. The second kappa shape index (κ2) is 11.6. The van der Waals surface area contributed by atoms with Crippen LogP contribution in [-0.4, -0.2) is 23.9 Å². The summed E-state index contributed by atoms with van der Waals surface area (Å²) in [7, 11) is 0. The number of carbonyl (C=O) groups excluding carboxylic acids is 4. The van der Waals surface area contributed by atoms with Crippen molar-refractivity contribution in [3.05, 3.63) is 84.0 Å². The smallest absolute Gasteiger partial charge is 0.338 e. The van der Waals surface area contributed by atoms with Crippen LogP contribution in [0.15, 0.2) is 72.9 Å². The minimum absolute atomic E-state index is 0.0915. The lowest BCUT2D eigenvalue weighted by atomic mass is 9.72. The molecule has 0 bridgehead atoms. The van der Waals surface area contributed by atoms with Crippen LogP contribution in [0.1, 0.15) is 64.5 Å². The zero-order valence-electron chi connectivity index (χ0n) is 23.6. The van der Waals surface area contributed by atoms with E-state index in [0.717, 1.165) is 0 Å². The lowest BCUT2D eigenvalue weighted by Gasteiger charge is -2.34. The van der Waals surface area contributed by atoms with E-state index in [1.165, 1.54) is 39.8 Å². The predicted molar refractivity (Wildman–Crippen MR) is 151 cm³/mol. The Morgan fingerprint density at radius 3 is 1.07 bits per heavy atom. The number of rotatable bonds is 8. The summed E-state index contributed by atoms with van der Waals surface area (Å²) in [6.07, 6.45) is 0. The topological polar surface area (TPSA) is 105 Å². The molecule has 8 nitrogen and oxygen atoms in total. The summed E-state index contributed by atoms with van der Waals surface area (Å²) in [5.41, 5.74) is 3.04. The summed E-state index contributed by atoms with van der Waals surface area (Å²) in [5, 5.41) is 0. The fraction of sp³-hybridized carbons (Fsp3) is 0.250. The van der Waals surface area contributed by atoms with Gasteiger partial charge in [-0.15, -0.1) is 0 Å². The number of ether oxygens (including phenoxy) is 4. The molecule has 208 valence electrons. The van der Waals surface area contributed by atoms with Gasteiger partial charge in [0.05, 0.1) is 0 Å². The molecule has 8 heteroatoms. The first kappa shape index (κ1) is 29.8. The Balaban J connectivity index is 2.38. The molecule has 0 spiro atoms. The molecule has 1 aliphatic carbocycles. The number of fused-ring (bicyclic) bond motifs is 3. The molecule has 2 atom stereocenters. The lowest BCUT2D eigenvalue weighted by molar-refractivity contribution is -0.131. The molecule has 0 N–H and O–H groups in total. The van der Waals surface area contributed by atoms with E-state index in [9.17, 15) is 19.2 Å². The van der Waals surface area contributed by atoms with E-state index < -0.39 is 23.9 Å². The number of esters is 4. The van der Waals surface area contributed by atoms with Crippen LogP contribution < -0.4 is 18.9 Å². The van der Waals surface area contributed by atoms with Crippen molar-refractivity contribution >= 4 is 23.9 Å². The molecule has 3 rings (SSSR count). The SMILES string of the molecule is C=C(C)C(=O)Oc1cc(OC(=O)C(=C)C)c2c(c1)-c1cc(OC(=O)C(=C)C)cc(OC(=O)C(=C)C)c1C(C)C2C. The zero-order chi connectivity index (χ0) is 30.0. The molecule has 0 saturated carbocycles. The molecule has 0 heterocycles. The summed E-state index contributed by atoms with van der Waals surface area (Å²) in [6, 6.07) is 6.15. The molecule has 0 radical (unpaired) electrons. The molecular weight excluding hydrogens is 512 g/mol. The van der Waals surface area contributed by atoms with E-state index in [1.807, 2.05) is 13.8 Å². The highest BCUT2D eigenvalue weighted by atomic mass is 16.6. The van der Waals surface area contributed by atoms with Gasteiger partial charge in [-0.25, -0.2) is 19.2 Å². The van der Waals surface area contributed by atoms with Gasteiger partial charge in [-0.2, -0.15) is 0 Å². The van der Waals surface area contributed by atoms with Gasteiger partial charge in [-0.05, 0) is 62.8 Å². The molecule has 0 aliphatic heterocycles. The highest BCUT2D eigenvalue weighted by Crippen LogP contribution is 2.55. The normalized spacial score (nSPS) is 15.1. The van der Waals surface area contributed by atoms with Crippen LogP contribution in [0.2, 0.25) is 0 Å². The maximum absolute atomic E-state index is 12.6. The molecule has 2 unspecified atom stereocenters. The summed E-state index contributed by atoms with van der Waals surface area (Å²) < 4.78 is 22.4. The Morgan fingerprint density at radius 1 is 0.525 bits per heavy atom. The molecule has 40 heavy (non-hydrogen) atoms. The number of carbonyl (C=O) groups is 4. The molecule has 0 amide bonds. The predicted octanol–water partition coefficient (Wildman–Crippen LogP) is 6.50. The van der Waals surface area contributed by atoms with Gasteiger partial charge in [0.1, 0.15) is 23.0 Å². The first-order chi connectivity index (χ1) is 18.6. The Labute approximate surface area is 233 Å². The molecular formula is C32H32O8. The summed E-state index contributed by atoms with van der Waals surface area (Å²) in [6.45, 7) is 24.5. The number of hydrogen-bond donors (Lipinski definition) is 0. The van der Waals surface area contributed by atoms with Crippen LogP contribution in [0.4, 0.5) is 0 Å². The van der Waals surface area contributed by atoms with Gasteiger partial charge in [-0.1, -0.05) is 40.2 Å². The summed E-state index contributed by atoms with van der Waals surface area (Å²) in [4.78, 5) is 49.9. The van der Waals surface area contributed by atoms with Gasteiger partial charge in [0.15, 0.2) is 0 Å². The quantitative estimate of drug-likeness (QED) is 0.211. The van der Waals surface area contributed by atoms with Crippen molar-refractivity contribution in [2.75, 3.05) is 0 Å². The van der Waals surface area contributed by atoms with Gasteiger partial charge in [-0.3, -0.25) is 0 Å².